The fourth-order valence-electron chi connectivity index (χ4n) is 1.94. The van der Waals surface area contributed by atoms with Crippen LogP contribution in [0.15, 0.2) is 30.4 Å². The van der Waals surface area contributed by atoms with Gasteiger partial charge in [0.25, 0.3) is 0 Å². The molecule has 1 aliphatic rings. The SMILES string of the molecule is Cc1cc(O)c(C)c(C2C=CC=C2)c1O. The Morgan fingerprint density at radius 2 is 1.67 bits per heavy atom. The lowest BCUT2D eigenvalue weighted by atomic mass is 9.92. The number of phenols is 2. The number of allylic oxidation sites excluding steroid dienone is 4. The van der Waals surface area contributed by atoms with E-state index in [0.717, 1.165) is 11.1 Å². The summed E-state index contributed by atoms with van der Waals surface area (Å²) in [5, 5.41) is 19.7. The van der Waals surface area contributed by atoms with Gasteiger partial charge in [0.15, 0.2) is 0 Å². The van der Waals surface area contributed by atoms with Gasteiger partial charge in [-0.1, -0.05) is 24.3 Å². The zero-order chi connectivity index (χ0) is 11.0. The highest BCUT2D eigenvalue weighted by Crippen LogP contribution is 2.39. The van der Waals surface area contributed by atoms with Crippen molar-refractivity contribution in [2.24, 2.45) is 0 Å². The summed E-state index contributed by atoms with van der Waals surface area (Å²) in [5.41, 5.74) is 2.26. The molecular formula is C13H14O2. The van der Waals surface area contributed by atoms with Crippen LogP contribution in [0.5, 0.6) is 11.5 Å². The molecule has 0 saturated heterocycles. The van der Waals surface area contributed by atoms with E-state index in [2.05, 4.69) is 0 Å². The van der Waals surface area contributed by atoms with Crippen LogP contribution in [-0.2, 0) is 0 Å². The van der Waals surface area contributed by atoms with E-state index in [4.69, 9.17) is 0 Å². The fraction of sp³-hybridized carbons (Fsp3) is 0.231. The molecular weight excluding hydrogens is 188 g/mol. The lowest BCUT2D eigenvalue weighted by molar-refractivity contribution is 0.447. The van der Waals surface area contributed by atoms with Crippen LogP contribution in [-0.4, -0.2) is 10.2 Å². The summed E-state index contributed by atoms with van der Waals surface area (Å²) in [4.78, 5) is 0. The van der Waals surface area contributed by atoms with E-state index in [-0.39, 0.29) is 17.4 Å². The first-order valence-corrected chi connectivity index (χ1v) is 4.98. The molecule has 78 valence electrons. The Labute approximate surface area is 89.2 Å². The molecule has 1 aromatic rings. The number of aryl methyl sites for hydroxylation is 1. The van der Waals surface area contributed by atoms with E-state index in [0.29, 0.717) is 5.56 Å². The first-order chi connectivity index (χ1) is 7.11. The van der Waals surface area contributed by atoms with Gasteiger partial charge in [-0.2, -0.15) is 0 Å². The number of hydrogen-bond acceptors (Lipinski definition) is 2. The molecule has 1 aromatic carbocycles. The van der Waals surface area contributed by atoms with Crippen molar-refractivity contribution in [1.82, 2.24) is 0 Å². The molecule has 0 saturated carbocycles. The molecule has 0 fully saturated rings. The van der Waals surface area contributed by atoms with E-state index >= 15 is 0 Å². The lowest BCUT2D eigenvalue weighted by Gasteiger charge is -2.15. The van der Waals surface area contributed by atoms with E-state index in [1.807, 2.05) is 31.2 Å². The van der Waals surface area contributed by atoms with Crippen molar-refractivity contribution in [2.75, 3.05) is 0 Å². The van der Waals surface area contributed by atoms with Crippen molar-refractivity contribution in [3.05, 3.63) is 47.1 Å². The van der Waals surface area contributed by atoms with Gasteiger partial charge in [-0.3, -0.25) is 0 Å². The van der Waals surface area contributed by atoms with Gasteiger partial charge in [0, 0.05) is 11.5 Å². The maximum absolute atomic E-state index is 9.98. The van der Waals surface area contributed by atoms with Crippen LogP contribution < -0.4 is 0 Å². The molecule has 0 atom stereocenters. The summed E-state index contributed by atoms with van der Waals surface area (Å²) in [5.74, 6) is 0.608. The van der Waals surface area contributed by atoms with Crippen LogP contribution in [0.25, 0.3) is 0 Å². The first-order valence-electron chi connectivity index (χ1n) is 4.98. The van der Waals surface area contributed by atoms with Crippen LogP contribution in [0.4, 0.5) is 0 Å². The van der Waals surface area contributed by atoms with Crippen molar-refractivity contribution in [3.63, 3.8) is 0 Å². The summed E-state index contributed by atoms with van der Waals surface area (Å²) in [6.07, 6.45) is 7.90. The average Bonchev–Trinajstić information content (AvgIpc) is 2.69. The predicted octanol–water partition coefficient (Wildman–Crippen LogP) is 2.92. The van der Waals surface area contributed by atoms with E-state index in [9.17, 15) is 10.2 Å². The maximum atomic E-state index is 9.98. The maximum Gasteiger partial charge on any atom is 0.123 e. The number of rotatable bonds is 1. The minimum atomic E-state index is 0.0794. The van der Waals surface area contributed by atoms with Crippen LogP contribution in [0.2, 0.25) is 0 Å². The highest BCUT2D eigenvalue weighted by atomic mass is 16.3. The second-order valence-corrected chi connectivity index (χ2v) is 3.90. The molecule has 2 rings (SSSR count). The first kappa shape index (κ1) is 9.84. The number of hydrogen-bond donors (Lipinski definition) is 2. The van der Waals surface area contributed by atoms with E-state index in [1.54, 1.807) is 13.0 Å². The van der Waals surface area contributed by atoms with Gasteiger partial charge in [0.2, 0.25) is 0 Å². The van der Waals surface area contributed by atoms with Crippen LogP contribution >= 0.6 is 0 Å². The highest BCUT2D eigenvalue weighted by molar-refractivity contribution is 5.56. The molecule has 2 N–H and O–H groups in total. The summed E-state index contributed by atoms with van der Waals surface area (Å²) in [7, 11) is 0. The topological polar surface area (TPSA) is 40.5 Å². The Kier molecular flexibility index (Phi) is 2.27. The smallest absolute Gasteiger partial charge is 0.123 e. The number of phenolic OH excluding ortho intramolecular Hbond substituents is 2. The molecule has 15 heavy (non-hydrogen) atoms. The molecule has 0 spiro atoms. The zero-order valence-electron chi connectivity index (χ0n) is 8.86. The van der Waals surface area contributed by atoms with E-state index in [1.165, 1.54) is 0 Å². The standard InChI is InChI=1S/C13H14O2/c1-8-7-11(14)9(2)12(13(8)15)10-5-3-4-6-10/h3-7,10,14-15H,1-2H3. The molecule has 1 aliphatic carbocycles. The molecule has 0 amide bonds. The molecule has 0 aliphatic heterocycles. The molecule has 0 heterocycles. The van der Waals surface area contributed by atoms with Crippen molar-refractivity contribution in [1.29, 1.82) is 0 Å². The van der Waals surface area contributed by atoms with Crippen LogP contribution in [0.1, 0.15) is 22.6 Å². The molecule has 2 heteroatoms. The molecule has 2 nitrogen and oxygen atoms in total. The average molecular weight is 202 g/mol. The Bertz CT molecular complexity index is 418. The quantitative estimate of drug-likeness (QED) is 0.687. The minimum absolute atomic E-state index is 0.0794. The second kappa shape index (κ2) is 3.46. The Balaban J connectivity index is 2.63. The third kappa shape index (κ3) is 1.52. The summed E-state index contributed by atoms with van der Waals surface area (Å²) in [6, 6.07) is 1.59. The second-order valence-electron chi connectivity index (χ2n) is 3.90. The van der Waals surface area contributed by atoms with Gasteiger partial charge in [-0.05, 0) is 31.0 Å². The van der Waals surface area contributed by atoms with Crippen molar-refractivity contribution in [2.45, 2.75) is 19.8 Å². The van der Waals surface area contributed by atoms with Crippen molar-refractivity contribution in [3.8, 4) is 11.5 Å². The normalized spacial score (nSPS) is 15.1. The Hall–Kier alpha value is -1.70. The van der Waals surface area contributed by atoms with Gasteiger partial charge >= 0.3 is 0 Å². The molecule has 0 unspecified atom stereocenters. The Morgan fingerprint density at radius 3 is 2.27 bits per heavy atom. The highest BCUT2D eigenvalue weighted by Gasteiger charge is 2.18. The lowest BCUT2D eigenvalue weighted by Crippen LogP contribution is -1.96. The zero-order valence-corrected chi connectivity index (χ0v) is 8.86. The minimum Gasteiger partial charge on any atom is -0.508 e. The third-order valence-corrected chi connectivity index (χ3v) is 2.85. The van der Waals surface area contributed by atoms with Gasteiger partial charge in [0.05, 0.1) is 0 Å². The van der Waals surface area contributed by atoms with Gasteiger partial charge < -0.3 is 10.2 Å². The summed E-state index contributed by atoms with van der Waals surface area (Å²) < 4.78 is 0. The van der Waals surface area contributed by atoms with Gasteiger partial charge in [-0.15, -0.1) is 0 Å². The van der Waals surface area contributed by atoms with Gasteiger partial charge in [0.1, 0.15) is 11.5 Å². The van der Waals surface area contributed by atoms with Crippen LogP contribution in [0.3, 0.4) is 0 Å². The summed E-state index contributed by atoms with van der Waals surface area (Å²) in [6.45, 7) is 3.62. The molecule has 0 aromatic heterocycles. The van der Waals surface area contributed by atoms with Crippen molar-refractivity contribution < 1.29 is 10.2 Å². The number of benzene rings is 1. The summed E-state index contributed by atoms with van der Waals surface area (Å²) >= 11 is 0. The monoisotopic (exact) mass is 202 g/mol. The number of aromatic hydroxyl groups is 2. The molecule has 0 radical (unpaired) electrons. The van der Waals surface area contributed by atoms with E-state index < -0.39 is 0 Å². The third-order valence-electron chi connectivity index (χ3n) is 2.85. The Morgan fingerprint density at radius 1 is 1.07 bits per heavy atom. The van der Waals surface area contributed by atoms with Crippen LogP contribution in [0, 0.1) is 13.8 Å². The fourth-order valence-corrected chi connectivity index (χ4v) is 1.94. The largest absolute Gasteiger partial charge is 0.508 e. The molecule has 0 bridgehead atoms. The van der Waals surface area contributed by atoms with Crippen molar-refractivity contribution >= 4 is 0 Å². The van der Waals surface area contributed by atoms with Gasteiger partial charge in [-0.25, -0.2) is 0 Å². The predicted molar refractivity (Wildman–Crippen MR) is 60.3 cm³/mol.